The van der Waals surface area contributed by atoms with Gasteiger partial charge in [-0.15, -0.1) is 0 Å². The van der Waals surface area contributed by atoms with Crippen LogP contribution in [0.25, 0.3) is 0 Å². The molecule has 1 amide bonds. The normalized spacial score (nSPS) is 10.4. The zero-order valence-corrected chi connectivity index (χ0v) is 11.8. The number of carbonyl (C=O) groups excluding carboxylic acids is 1. The first-order chi connectivity index (χ1) is 9.38. The van der Waals surface area contributed by atoms with Crippen LogP contribution in [0.5, 0.6) is 0 Å². The number of halogens is 1. The van der Waals surface area contributed by atoms with Crippen LogP contribution in [0.15, 0.2) is 36.4 Å². The average molecular weight is 272 g/mol. The Morgan fingerprint density at radius 1 is 1.10 bits per heavy atom. The van der Waals surface area contributed by atoms with Crippen molar-refractivity contribution in [3.63, 3.8) is 0 Å². The molecular formula is C16H17FN2O. The smallest absolute Gasteiger partial charge is 0.260 e. The summed E-state index contributed by atoms with van der Waals surface area (Å²) in [6, 6.07) is 9.68. The highest BCUT2D eigenvalue weighted by molar-refractivity contribution is 6.09. The number of nitrogen functional groups attached to an aromatic ring is 1. The first kappa shape index (κ1) is 14.1. The fraction of sp³-hybridized carbons (Fsp3) is 0.188. The first-order valence-electron chi connectivity index (χ1n) is 6.30. The summed E-state index contributed by atoms with van der Waals surface area (Å²) in [6.07, 6.45) is 0. The zero-order chi connectivity index (χ0) is 14.9. The minimum atomic E-state index is -0.451. The molecule has 0 spiro atoms. The summed E-state index contributed by atoms with van der Waals surface area (Å²) in [4.78, 5) is 13.9. The minimum Gasteiger partial charge on any atom is -0.398 e. The van der Waals surface area contributed by atoms with Gasteiger partial charge in [-0.3, -0.25) is 4.79 Å². The summed E-state index contributed by atoms with van der Waals surface area (Å²) in [5.74, 6) is -0.708. The maximum absolute atomic E-state index is 13.0. The number of hydrogen-bond donors (Lipinski definition) is 1. The van der Waals surface area contributed by atoms with Gasteiger partial charge in [0.15, 0.2) is 0 Å². The second-order valence-corrected chi connectivity index (χ2v) is 4.94. The Morgan fingerprint density at radius 2 is 1.70 bits per heavy atom. The quantitative estimate of drug-likeness (QED) is 0.853. The summed E-state index contributed by atoms with van der Waals surface area (Å²) < 4.78 is 13.0. The molecular weight excluding hydrogens is 255 g/mol. The van der Waals surface area contributed by atoms with Crippen molar-refractivity contribution in [2.24, 2.45) is 0 Å². The molecule has 0 bridgehead atoms. The van der Waals surface area contributed by atoms with Crippen LogP contribution in [0, 0.1) is 19.7 Å². The lowest BCUT2D eigenvalue weighted by Gasteiger charge is -2.19. The Bertz CT molecular complexity index is 647. The predicted octanol–water partition coefficient (Wildman–Crippen LogP) is 3.30. The molecule has 0 saturated carbocycles. The first-order valence-corrected chi connectivity index (χ1v) is 6.30. The van der Waals surface area contributed by atoms with E-state index in [1.807, 2.05) is 32.0 Å². The van der Waals surface area contributed by atoms with Crippen LogP contribution < -0.4 is 10.6 Å². The topological polar surface area (TPSA) is 46.3 Å². The molecule has 0 atom stereocenters. The Hall–Kier alpha value is -2.36. The summed E-state index contributed by atoms with van der Waals surface area (Å²) in [5, 5.41) is 0. The molecule has 2 N–H and O–H groups in total. The molecule has 0 saturated heterocycles. The van der Waals surface area contributed by atoms with Gasteiger partial charge in [0.2, 0.25) is 0 Å². The number of hydrogen-bond acceptors (Lipinski definition) is 2. The molecule has 0 radical (unpaired) electrons. The number of nitrogens with zero attached hydrogens (tertiary/aromatic N) is 1. The lowest BCUT2D eigenvalue weighted by molar-refractivity contribution is 0.0994. The molecule has 3 nitrogen and oxygen atoms in total. The van der Waals surface area contributed by atoms with E-state index in [4.69, 9.17) is 5.73 Å². The van der Waals surface area contributed by atoms with E-state index in [2.05, 4.69) is 0 Å². The highest BCUT2D eigenvalue weighted by Crippen LogP contribution is 2.22. The van der Waals surface area contributed by atoms with Crippen molar-refractivity contribution in [1.29, 1.82) is 0 Å². The number of nitrogens with two attached hydrogens (primary N) is 1. The standard InChI is InChI=1S/C16H17FN2O/c1-10-6-11(2)8-13(7-10)19(3)16(20)14-5-4-12(17)9-15(14)18/h4-9H,18H2,1-3H3. The van der Waals surface area contributed by atoms with E-state index >= 15 is 0 Å². The number of amides is 1. The van der Waals surface area contributed by atoms with E-state index in [9.17, 15) is 9.18 Å². The van der Waals surface area contributed by atoms with Crippen molar-refractivity contribution >= 4 is 17.3 Å². The van der Waals surface area contributed by atoms with Gasteiger partial charge in [-0.2, -0.15) is 0 Å². The summed E-state index contributed by atoms with van der Waals surface area (Å²) >= 11 is 0. The van der Waals surface area contributed by atoms with Crippen LogP contribution in [0.3, 0.4) is 0 Å². The van der Waals surface area contributed by atoms with Gasteiger partial charge in [-0.1, -0.05) is 6.07 Å². The number of benzene rings is 2. The molecule has 2 aromatic rings. The second kappa shape index (κ2) is 5.33. The van der Waals surface area contributed by atoms with E-state index in [1.54, 1.807) is 7.05 Å². The van der Waals surface area contributed by atoms with Crippen LogP contribution in [0.1, 0.15) is 21.5 Å². The highest BCUT2D eigenvalue weighted by atomic mass is 19.1. The van der Waals surface area contributed by atoms with Crippen LogP contribution in [0.2, 0.25) is 0 Å². The van der Waals surface area contributed by atoms with E-state index in [0.717, 1.165) is 22.9 Å². The number of anilines is 2. The third-order valence-corrected chi connectivity index (χ3v) is 3.14. The van der Waals surface area contributed by atoms with Crippen LogP contribution in [-0.2, 0) is 0 Å². The largest absolute Gasteiger partial charge is 0.398 e. The van der Waals surface area contributed by atoms with E-state index in [-0.39, 0.29) is 11.6 Å². The van der Waals surface area contributed by atoms with Gasteiger partial charge in [0.1, 0.15) is 5.82 Å². The van der Waals surface area contributed by atoms with E-state index < -0.39 is 5.82 Å². The molecule has 104 valence electrons. The Labute approximate surface area is 117 Å². The molecule has 0 heterocycles. The van der Waals surface area contributed by atoms with Crippen molar-refractivity contribution in [3.8, 4) is 0 Å². The van der Waals surface area contributed by atoms with Gasteiger partial charge in [0.05, 0.1) is 5.56 Å². The van der Waals surface area contributed by atoms with Gasteiger partial charge < -0.3 is 10.6 Å². The SMILES string of the molecule is Cc1cc(C)cc(N(C)C(=O)c2ccc(F)cc2N)c1. The van der Waals surface area contributed by atoms with Crippen molar-refractivity contribution in [2.45, 2.75) is 13.8 Å². The Morgan fingerprint density at radius 3 is 2.25 bits per heavy atom. The van der Waals surface area contributed by atoms with Crippen molar-refractivity contribution < 1.29 is 9.18 Å². The number of carbonyl (C=O) groups is 1. The van der Waals surface area contributed by atoms with Gasteiger partial charge in [0, 0.05) is 18.4 Å². The van der Waals surface area contributed by atoms with Gasteiger partial charge in [-0.05, 0) is 55.3 Å². The maximum atomic E-state index is 13.0. The fourth-order valence-corrected chi connectivity index (χ4v) is 2.17. The number of rotatable bonds is 2. The van der Waals surface area contributed by atoms with Gasteiger partial charge >= 0.3 is 0 Å². The Balaban J connectivity index is 2.37. The van der Waals surface area contributed by atoms with Gasteiger partial charge in [0.25, 0.3) is 5.91 Å². The van der Waals surface area contributed by atoms with Crippen molar-refractivity contribution in [3.05, 3.63) is 58.9 Å². The monoisotopic (exact) mass is 272 g/mol. The molecule has 0 unspecified atom stereocenters. The lowest BCUT2D eigenvalue weighted by Crippen LogP contribution is -2.27. The van der Waals surface area contributed by atoms with E-state index in [0.29, 0.717) is 5.56 Å². The molecule has 4 heteroatoms. The minimum absolute atomic E-state index is 0.145. The van der Waals surface area contributed by atoms with Gasteiger partial charge in [-0.25, -0.2) is 4.39 Å². The highest BCUT2D eigenvalue weighted by Gasteiger charge is 2.17. The molecule has 2 rings (SSSR count). The second-order valence-electron chi connectivity index (χ2n) is 4.94. The summed E-state index contributed by atoms with van der Waals surface area (Å²) in [6.45, 7) is 3.95. The molecule has 2 aromatic carbocycles. The maximum Gasteiger partial charge on any atom is 0.260 e. The molecule has 0 aliphatic heterocycles. The van der Waals surface area contributed by atoms with E-state index in [1.165, 1.54) is 17.0 Å². The van der Waals surface area contributed by atoms with Crippen molar-refractivity contribution in [1.82, 2.24) is 0 Å². The third kappa shape index (κ3) is 2.79. The van der Waals surface area contributed by atoms with Crippen molar-refractivity contribution in [2.75, 3.05) is 17.7 Å². The predicted molar refractivity (Wildman–Crippen MR) is 79.5 cm³/mol. The average Bonchev–Trinajstić information content (AvgIpc) is 2.36. The summed E-state index contributed by atoms with van der Waals surface area (Å²) in [7, 11) is 1.68. The van der Waals surface area contributed by atoms with Crippen LogP contribution in [0.4, 0.5) is 15.8 Å². The Kier molecular flexibility index (Phi) is 3.74. The lowest BCUT2D eigenvalue weighted by atomic mass is 10.1. The molecule has 0 aliphatic carbocycles. The zero-order valence-electron chi connectivity index (χ0n) is 11.8. The summed E-state index contributed by atoms with van der Waals surface area (Å²) in [5.41, 5.74) is 9.09. The molecule has 0 aromatic heterocycles. The molecule has 20 heavy (non-hydrogen) atoms. The van der Waals surface area contributed by atoms with Crippen LogP contribution in [-0.4, -0.2) is 13.0 Å². The fourth-order valence-electron chi connectivity index (χ4n) is 2.17. The van der Waals surface area contributed by atoms with Crippen LogP contribution >= 0.6 is 0 Å². The molecule has 0 aliphatic rings. The number of aryl methyl sites for hydroxylation is 2. The third-order valence-electron chi connectivity index (χ3n) is 3.14. The molecule has 0 fully saturated rings.